The highest BCUT2D eigenvalue weighted by molar-refractivity contribution is 8.00. The van der Waals surface area contributed by atoms with E-state index < -0.39 is 28.7 Å². The van der Waals surface area contributed by atoms with Crippen LogP contribution in [0.3, 0.4) is 0 Å². The molecule has 116 valence electrons. The molecule has 0 aliphatic heterocycles. The molecule has 1 aromatic rings. The number of nitrogens with zero attached hydrogens (tertiary/aromatic N) is 1. The van der Waals surface area contributed by atoms with Crippen molar-refractivity contribution in [2.24, 2.45) is 0 Å². The van der Waals surface area contributed by atoms with Crippen molar-refractivity contribution in [1.82, 2.24) is 5.32 Å². The lowest BCUT2D eigenvalue weighted by molar-refractivity contribution is -0.384. The molecule has 7 nitrogen and oxygen atoms in total. The standard InChI is InChI=1S/C14H14N2O5S/c1-3-8-15-13(17)9-21-14(18)10(2)22-12-6-4-11(5-7-12)16(19)20/h1,4-7,10H,8-9H2,2H3,(H,15,17)/t10-/m0/s1. The molecule has 0 unspecified atom stereocenters. The van der Waals surface area contributed by atoms with Crippen molar-refractivity contribution in [3.8, 4) is 12.3 Å². The van der Waals surface area contributed by atoms with Crippen LogP contribution < -0.4 is 5.32 Å². The van der Waals surface area contributed by atoms with Crippen LogP contribution in [-0.4, -0.2) is 35.2 Å². The van der Waals surface area contributed by atoms with Crippen LogP contribution in [0.2, 0.25) is 0 Å². The van der Waals surface area contributed by atoms with Crippen molar-refractivity contribution in [3.05, 3.63) is 34.4 Å². The van der Waals surface area contributed by atoms with E-state index in [0.29, 0.717) is 4.90 Å². The van der Waals surface area contributed by atoms with Gasteiger partial charge in [-0.1, -0.05) is 5.92 Å². The minimum Gasteiger partial charge on any atom is -0.455 e. The minimum atomic E-state index is -0.556. The molecule has 0 aliphatic rings. The summed E-state index contributed by atoms with van der Waals surface area (Å²) in [7, 11) is 0. The molecule has 0 aromatic heterocycles. The normalized spacial score (nSPS) is 11.1. The molecule has 8 heteroatoms. The van der Waals surface area contributed by atoms with Crippen molar-refractivity contribution >= 4 is 29.3 Å². The fourth-order valence-corrected chi connectivity index (χ4v) is 2.22. The number of nitrogens with one attached hydrogen (secondary N) is 1. The number of carbonyl (C=O) groups excluding carboxylic acids is 2. The van der Waals surface area contributed by atoms with Gasteiger partial charge < -0.3 is 10.1 Å². The molecule has 1 amide bonds. The number of ether oxygens (including phenoxy) is 1. The number of esters is 1. The molecule has 1 rings (SSSR count). The van der Waals surface area contributed by atoms with Crippen LogP contribution in [-0.2, 0) is 14.3 Å². The summed E-state index contributed by atoms with van der Waals surface area (Å²) in [6, 6.07) is 5.81. The summed E-state index contributed by atoms with van der Waals surface area (Å²) in [6.45, 7) is 1.29. The highest BCUT2D eigenvalue weighted by atomic mass is 32.2. The monoisotopic (exact) mass is 322 g/mol. The number of rotatable bonds is 7. The van der Waals surface area contributed by atoms with Gasteiger partial charge in [0.1, 0.15) is 5.25 Å². The maximum atomic E-state index is 11.7. The first-order chi connectivity index (χ1) is 10.4. The lowest BCUT2D eigenvalue weighted by Crippen LogP contribution is -2.30. The van der Waals surface area contributed by atoms with Crippen molar-refractivity contribution in [2.75, 3.05) is 13.2 Å². The number of non-ortho nitro benzene ring substituents is 1. The SMILES string of the molecule is C#CCNC(=O)COC(=O)[C@H](C)Sc1ccc([N+](=O)[O-])cc1. The molecule has 0 heterocycles. The Bertz CT molecular complexity index is 594. The minimum absolute atomic E-state index is 0.0234. The van der Waals surface area contributed by atoms with E-state index in [9.17, 15) is 19.7 Å². The summed E-state index contributed by atoms with van der Waals surface area (Å²) in [5.41, 5.74) is -0.0234. The van der Waals surface area contributed by atoms with Crippen molar-refractivity contribution in [1.29, 1.82) is 0 Å². The second kappa shape index (κ2) is 8.69. The van der Waals surface area contributed by atoms with E-state index >= 15 is 0 Å². The summed E-state index contributed by atoms with van der Waals surface area (Å²) >= 11 is 1.18. The lowest BCUT2D eigenvalue weighted by atomic mass is 10.3. The maximum Gasteiger partial charge on any atom is 0.319 e. The van der Waals surface area contributed by atoms with E-state index in [1.807, 2.05) is 0 Å². The zero-order valence-corrected chi connectivity index (χ0v) is 12.6. The van der Waals surface area contributed by atoms with E-state index in [1.165, 1.54) is 23.9 Å². The highest BCUT2D eigenvalue weighted by Crippen LogP contribution is 2.25. The zero-order chi connectivity index (χ0) is 16.5. The van der Waals surface area contributed by atoms with Crippen molar-refractivity contribution in [2.45, 2.75) is 17.1 Å². The molecule has 1 atom stereocenters. The summed E-state index contributed by atoms with van der Waals surface area (Å²) in [5.74, 6) is 1.20. The Hall–Kier alpha value is -2.53. The van der Waals surface area contributed by atoms with Gasteiger partial charge in [-0.3, -0.25) is 19.7 Å². The summed E-state index contributed by atoms with van der Waals surface area (Å²) in [5, 5.41) is 12.4. The molecule has 0 aliphatic carbocycles. The molecule has 0 saturated carbocycles. The fraction of sp³-hybridized carbons (Fsp3) is 0.286. The first-order valence-electron chi connectivity index (χ1n) is 6.22. The van der Waals surface area contributed by atoms with Crippen LogP contribution in [0.5, 0.6) is 0 Å². The number of thioether (sulfide) groups is 1. The Kier molecular flexibility index (Phi) is 6.92. The Labute approximate surface area is 131 Å². The number of benzene rings is 1. The topological polar surface area (TPSA) is 98.5 Å². The fourth-order valence-electron chi connectivity index (χ4n) is 1.35. The molecule has 0 fully saturated rings. The van der Waals surface area contributed by atoms with Crippen LogP contribution in [0.15, 0.2) is 29.2 Å². The van der Waals surface area contributed by atoms with Crippen LogP contribution in [0.1, 0.15) is 6.92 Å². The summed E-state index contributed by atoms with van der Waals surface area (Å²) < 4.78 is 4.85. The van der Waals surface area contributed by atoms with Crippen LogP contribution in [0.4, 0.5) is 5.69 Å². The van der Waals surface area contributed by atoms with Gasteiger partial charge in [0, 0.05) is 17.0 Å². The third-order valence-electron chi connectivity index (χ3n) is 2.43. The highest BCUT2D eigenvalue weighted by Gasteiger charge is 2.17. The molecule has 22 heavy (non-hydrogen) atoms. The molecular weight excluding hydrogens is 308 g/mol. The molecule has 1 N–H and O–H groups in total. The van der Waals surface area contributed by atoms with E-state index in [1.54, 1.807) is 19.1 Å². The first kappa shape index (κ1) is 17.5. The third-order valence-corrected chi connectivity index (χ3v) is 3.52. The number of carbonyl (C=O) groups is 2. The van der Waals surface area contributed by atoms with Gasteiger partial charge in [0.25, 0.3) is 11.6 Å². The van der Waals surface area contributed by atoms with Gasteiger partial charge in [-0.2, -0.15) is 0 Å². The van der Waals surface area contributed by atoms with Crippen molar-refractivity contribution < 1.29 is 19.2 Å². The number of nitro groups is 1. The summed E-state index contributed by atoms with van der Waals surface area (Å²) in [4.78, 5) is 33.7. The van der Waals surface area contributed by atoms with E-state index in [0.717, 1.165) is 0 Å². The van der Waals surface area contributed by atoms with Gasteiger partial charge in [0.15, 0.2) is 6.61 Å². The number of nitro benzene ring substituents is 1. The van der Waals surface area contributed by atoms with Crippen molar-refractivity contribution in [3.63, 3.8) is 0 Å². The third kappa shape index (κ3) is 5.85. The first-order valence-corrected chi connectivity index (χ1v) is 7.10. The number of amides is 1. The average molecular weight is 322 g/mol. The number of terminal acetylenes is 1. The zero-order valence-electron chi connectivity index (χ0n) is 11.8. The van der Waals surface area contributed by atoms with Gasteiger partial charge in [0.2, 0.25) is 0 Å². The Morgan fingerprint density at radius 3 is 2.64 bits per heavy atom. The van der Waals surface area contributed by atoms with Gasteiger partial charge in [-0.25, -0.2) is 0 Å². The average Bonchev–Trinajstić information content (AvgIpc) is 2.50. The van der Waals surface area contributed by atoms with Crippen LogP contribution in [0, 0.1) is 22.5 Å². The largest absolute Gasteiger partial charge is 0.455 e. The van der Waals surface area contributed by atoms with Gasteiger partial charge >= 0.3 is 5.97 Å². The van der Waals surface area contributed by atoms with Crippen LogP contribution >= 0.6 is 11.8 Å². The second-order valence-corrected chi connectivity index (χ2v) is 5.51. The van der Waals surface area contributed by atoms with E-state index in [4.69, 9.17) is 11.2 Å². The number of hydrogen-bond donors (Lipinski definition) is 1. The van der Waals surface area contributed by atoms with Gasteiger partial charge in [0.05, 0.1) is 11.5 Å². The quantitative estimate of drug-likeness (QED) is 0.268. The lowest BCUT2D eigenvalue weighted by Gasteiger charge is -2.10. The molecule has 0 bridgehead atoms. The van der Waals surface area contributed by atoms with E-state index in [-0.39, 0.29) is 12.2 Å². The number of hydrogen-bond acceptors (Lipinski definition) is 6. The molecule has 0 radical (unpaired) electrons. The Morgan fingerprint density at radius 1 is 1.45 bits per heavy atom. The van der Waals surface area contributed by atoms with E-state index in [2.05, 4.69) is 11.2 Å². The predicted octanol–water partition coefficient (Wildman–Crippen LogP) is 1.37. The summed E-state index contributed by atoms with van der Waals surface area (Å²) in [6.07, 6.45) is 4.98. The maximum absolute atomic E-state index is 11.7. The van der Waals surface area contributed by atoms with Gasteiger partial charge in [-0.15, -0.1) is 18.2 Å². The smallest absolute Gasteiger partial charge is 0.319 e. The Morgan fingerprint density at radius 2 is 2.09 bits per heavy atom. The van der Waals surface area contributed by atoms with Gasteiger partial charge in [-0.05, 0) is 19.1 Å². The second-order valence-electron chi connectivity index (χ2n) is 4.10. The molecule has 1 aromatic carbocycles. The Balaban J connectivity index is 2.45. The molecular formula is C14H14N2O5S. The molecule has 0 saturated heterocycles. The molecule has 0 spiro atoms. The van der Waals surface area contributed by atoms with Crippen LogP contribution in [0.25, 0.3) is 0 Å². The predicted molar refractivity (Wildman–Crippen MR) is 81.2 cm³/mol.